The number of pyridine rings is 1. The molecule has 3 nitrogen and oxygen atoms in total. The van der Waals surface area contributed by atoms with E-state index in [1.54, 1.807) is 12.3 Å². The summed E-state index contributed by atoms with van der Waals surface area (Å²) in [4.78, 5) is 6.60. The molecule has 1 aromatic heterocycles. The van der Waals surface area contributed by atoms with Gasteiger partial charge in [0.2, 0.25) is 0 Å². The summed E-state index contributed by atoms with van der Waals surface area (Å²) in [5.74, 6) is -0.672. The first-order valence-electron chi connectivity index (χ1n) is 7.49. The molecule has 2 rings (SSSR count). The maximum atomic E-state index is 13.6. The second kappa shape index (κ2) is 7.84. The lowest BCUT2D eigenvalue weighted by Gasteiger charge is -2.22. The van der Waals surface area contributed by atoms with Crippen LogP contribution in [0.5, 0.6) is 0 Å². The highest BCUT2D eigenvalue weighted by Crippen LogP contribution is 2.17. The van der Waals surface area contributed by atoms with Crippen molar-refractivity contribution in [1.29, 1.82) is 0 Å². The minimum atomic E-state index is -0.815. The molecule has 0 spiro atoms. The molecule has 0 aliphatic heterocycles. The van der Waals surface area contributed by atoms with Crippen LogP contribution in [0.2, 0.25) is 0 Å². The monoisotopic (exact) mass is 305 g/mol. The molecule has 0 unspecified atom stereocenters. The van der Waals surface area contributed by atoms with E-state index in [0.29, 0.717) is 12.1 Å². The lowest BCUT2D eigenvalue weighted by atomic mass is 10.2. The topological polar surface area (TPSA) is 28.2 Å². The molecule has 2 aromatic rings. The highest BCUT2D eigenvalue weighted by molar-refractivity contribution is 5.46. The van der Waals surface area contributed by atoms with Gasteiger partial charge in [-0.15, -0.1) is 0 Å². The first-order valence-corrected chi connectivity index (χ1v) is 7.49. The van der Waals surface area contributed by atoms with Crippen LogP contribution in [0.15, 0.2) is 36.5 Å². The van der Waals surface area contributed by atoms with Crippen LogP contribution in [-0.2, 0) is 13.1 Å². The summed E-state index contributed by atoms with van der Waals surface area (Å²) in [7, 11) is 0. The van der Waals surface area contributed by atoms with Crippen molar-refractivity contribution in [3.05, 3.63) is 59.3 Å². The van der Waals surface area contributed by atoms with Gasteiger partial charge in [0.05, 0.1) is 0 Å². The fraction of sp³-hybridized carbons (Fsp3) is 0.353. The average Bonchev–Trinajstić information content (AvgIpc) is 2.54. The zero-order chi connectivity index (χ0) is 15.9. The third kappa shape index (κ3) is 3.80. The normalized spacial score (nSPS) is 10.7. The van der Waals surface area contributed by atoms with Gasteiger partial charge in [-0.25, -0.2) is 13.8 Å². The Morgan fingerprint density at radius 3 is 2.41 bits per heavy atom. The Kier molecular flexibility index (Phi) is 5.83. The Balaban J connectivity index is 2.04. The molecule has 0 fully saturated rings. The minimum absolute atomic E-state index is 0.274. The van der Waals surface area contributed by atoms with Gasteiger partial charge in [0.15, 0.2) is 11.6 Å². The van der Waals surface area contributed by atoms with E-state index >= 15 is 0 Å². The minimum Gasteiger partial charge on any atom is -0.357 e. The van der Waals surface area contributed by atoms with E-state index in [9.17, 15) is 8.78 Å². The number of rotatable bonds is 7. The predicted molar refractivity (Wildman–Crippen MR) is 84.7 cm³/mol. The molecule has 0 aliphatic carbocycles. The molecule has 0 bridgehead atoms. The number of aromatic nitrogens is 1. The van der Waals surface area contributed by atoms with Crippen molar-refractivity contribution in [1.82, 2.24) is 10.3 Å². The predicted octanol–water partition coefficient (Wildman–Crippen LogP) is 3.50. The summed E-state index contributed by atoms with van der Waals surface area (Å²) in [6.45, 7) is 6.74. The number of hydrogen-bond donors (Lipinski definition) is 1. The number of nitrogens with one attached hydrogen (secondary N) is 1. The summed E-state index contributed by atoms with van der Waals surface area (Å²) < 4.78 is 26.8. The molecule has 1 aromatic carbocycles. The van der Waals surface area contributed by atoms with Crippen molar-refractivity contribution in [2.75, 3.05) is 18.0 Å². The van der Waals surface area contributed by atoms with E-state index in [1.807, 2.05) is 12.1 Å². The smallest absolute Gasteiger partial charge is 0.163 e. The van der Waals surface area contributed by atoms with Gasteiger partial charge < -0.3 is 10.2 Å². The molecular formula is C17H21F2N3. The van der Waals surface area contributed by atoms with Gasteiger partial charge in [-0.3, -0.25) is 0 Å². The Bertz CT molecular complexity index is 613. The van der Waals surface area contributed by atoms with Gasteiger partial charge in [0.1, 0.15) is 5.82 Å². The van der Waals surface area contributed by atoms with Crippen LogP contribution >= 0.6 is 0 Å². The van der Waals surface area contributed by atoms with E-state index in [-0.39, 0.29) is 6.54 Å². The third-order valence-electron chi connectivity index (χ3n) is 3.59. The van der Waals surface area contributed by atoms with Gasteiger partial charge in [0.25, 0.3) is 0 Å². The molecule has 0 saturated carbocycles. The number of hydrogen-bond acceptors (Lipinski definition) is 3. The molecule has 1 N–H and O–H groups in total. The van der Waals surface area contributed by atoms with Gasteiger partial charge in [-0.05, 0) is 26.0 Å². The molecule has 1 heterocycles. The maximum Gasteiger partial charge on any atom is 0.163 e. The number of halogens is 2. The van der Waals surface area contributed by atoms with Crippen LogP contribution in [-0.4, -0.2) is 18.1 Å². The van der Waals surface area contributed by atoms with E-state index in [0.717, 1.165) is 30.5 Å². The van der Waals surface area contributed by atoms with Crippen molar-refractivity contribution < 1.29 is 8.78 Å². The largest absolute Gasteiger partial charge is 0.357 e. The van der Waals surface area contributed by atoms with Gasteiger partial charge in [-0.1, -0.05) is 18.2 Å². The fourth-order valence-electron chi connectivity index (χ4n) is 2.39. The maximum absolute atomic E-state index is 13.6. The summed E-state index contributed by atoms with van der Waals surface area (Å²) in [5, 5.41) is 3.16. The Morgan fingerprint density at radius 1 is 1.00 bits per heavy atom. The highest BCUT2D eigenvalue weighted by atomic mass is 19.2. The van der Waals surface area contributed by atoms with Crippen LogP contribution in [0.25, 0.3) is 0 Å². The summed E-state index contributed by atoms with van der Waals surface area (Å²) >= 11 is 0. The molecule has 0 saturated heterocycles. The molecule has 22 heavy (non-hydrogen) atoms. The molecule has 0 radical (unpaired) electrons. The average molecular weight is 305 g/mol. The van der Waals surface area contributed by atoms with E-state index in [1.165, 1.54) is 6.07 Å². The summed E-state index contributed by atoms with van der Waals surface area (Å²) in [6.07, 6.45) is 1.77. The number of benzene rings is 1. The molecule has 5 heteroatoms. The Hall–Kier alpha value is -2.01. The van der Waals surface area contributed by atoms with Crippen LogP contribution in [0.3, 0.4) is 0 Å². The number of nitrogens with zero attached hydrogens (tertiary/aromatic N) is 2. The Labute approximate surface area is 130 Å². The zero-order valence-corrected chi connectivity index (χ0v) is 12.9. The van der Waals surface area contributed by atoms with Crippen molar-refractivity contribution in [2.24, 2.45) is 0 Å². The first kappa shape index (κ1) is 16.4. The van der Waals surface area contributed by atoms with Crippen molar-refractivity contribution in [3.8, 4) is 0 Å². The van der Waals surface area contributed by atoms with Crippen LogP contribution in [0, 0.1) is 11.6 Å². The fourth-order valence-corrected chi connectivity index (χ4v) is 2.39. The molecule has 118 valence electrons. The van der Waals surface area contributed by atoms with Gasteiger partial charge >= 0.3 is 0 Å². The molecular weight excluding hydrogens is 284 g/mol. The summed E-state index contributed by atoms with van der Waals surface area (Å²) in [6, 6.07) is 8.10. The Morgan fingerprint density at radius 2 is 1.68 bits per heavy atom. The highest BCUT2D eigenvalue weighted by Gasteiger charge is 2.10. The molecule has 0 aliphatic rings. The van der Waals surface area contributed by atoms with E-state index in [4.69, 9.17) is 0 Å². The summed E-state index contributed by atoms with van der Waals surface area (Å²) in [5.41, 5.74) is 1.37. The standard InChI is InChI=1S/C17H21F2N3/c1-3-22(4-2)17-14(8-6-10-21-17)12-20-11-13-7-5-9-15(18)16(13)19/h5-10,20H,3-4,11-12H2,1-2H3. The SMILES string of the molecule is CCN(CC)c1ncccc1CNCc1cccc(F)c1F. The molecule has 0 amide bonds. The van der Waals surface area contributed by atoms with Gasteiger partial charge in [0, 0.05) is 43.5 Å². The lowest BCUT2D eigenvalue weighted by molar-refractivity contribution is 0.492. The second-order valence-corrected chi connectivity index (χ2v) is 4.97. The van der Waals surface area contributed by atoms with Crippen molar-refractivity contribution in [2.45, 2.75) is 26.9 Å². The van der Waals surface area contributed by atoms with Crippen molar-refractivity contribution in [3.63, 3.8) is 0 Å². The second-order valence-electron chi connectivity index (χ2n) is 4.97. The van der Waals surface area contributed by atoms with Crippen LogP contribution in [0.4, 0.5) is 14.6 Å². The van der Waals surface area contributed by atoms with Crippen molar-refractivity contribution >= 4 is 5.82 Å². The molecule has 0 atom stereocenters. The number of anilines is 1. The lowest BCUT2D eigenvalue weighted by Crippen LogP contribution is -2.25. The van der Waals surface area contributed by atoms with E-state index in [2.05, 4.69) is 29.0 Å². The quantitative estimate of drug-likeness (QED) is 0.848. The first-order chi connectivity index (χ1) is 10.7. The van der Waals surface area contributed by atoms with Crippen LogP contribution in [0.1, 0.15) is 25.0 Å². The third-order valence-corrected chi connectivity index (χ3v) is 3.59. The van der Waals surface area contributed by atoms with Crippen LogP contribution < -0.4 is 10.2 Å². The zero-order valence-electron chi connectivity index (χ0n) is 12.9. The van der Waals surface area contributed by atoms with Gasteiger partial charge in [-0.2, -0.15) is 0 Å². The van der Waals surface area contributed by atoms with E-state index < -0.39 is 11.6 Å².